The van der Waals surface area contributed by atoms with Crippen molar-refractivity contribution in [2.24, 2.45) is 5.73 Å². The van der Waals surface area contributed by atoms with Crippen LogP contribution < -0.4 is 11.1 Å². The molecule has 0 fully saturated rings. The summed E-state index contributed by atoms with van der Waals surface area (Å²) in [5.74, 6) is 0.704. The first kappa shape index (κ1) is 15.9. The van der Waals surface area contributed by atoms with Crippen LogP contribution >= 0.6 is 11.8 Å². The van der Waals surface area contributed by atoms with E-state index in [1.165, 1.54) is 0 Å². The Hall–Kier alpha value is -1.14. The van der Waals surface area contributed by atoms with Gasteiger partial charge < -0.3 is 11.1 Å². The van der Waals surface area contributed by atoms with E-state index in [1.54, 1.807) is 24.3 Å². The lowest BCUT2D eigenvalue weighted by Crippen LogP contribution is -2.52. The highest BCUT2D eigenvalue weighted by Gasteiger charge is 2.28. The second kappa shape index (κ2) is 8.12. The van der Waals surface area contributed by atoms with Crippen molar-refractivity contribution < 1.29 is 4.79 Å². The van der Waals surface area contributed by atoms with Gasteiger partial charge in [0.05, 0.1) is 10.6 Å². The number of carbonyl (C=O) groups excluding carboxylic acids is 1. The lowest BCUT2D eigenvalue weighted by Gasteiger charge is -2.26. The molecule has 5 nitrogen and oxygen atoms in total. The average Bonchev–Trinajstić information content (AvgIpc) is 2.39. The molecule has 0 radical (unpaired) electrons. The Morgan fingerprint density at radius 2 is 2.32 bits per heavy atom. The van der Waals surface area contributed by atoms with E-state index in [-0.39, 0.29) is 5.91 Å². The molecule has 0 aliphatic carbocycles. The third kappa shape index (κ3) is 5.57. The number of primary amides is 1. The summed E-state index contributed by atoms with van der Waals surface area (Å²) < 4.78 is 0. The first-order valence-corrected chi connectivity index (χ1v) is 7.51. The largest absolute Gasteiger partial charge is 0.368 e. The fraction of sp³-hybridized carbons (Fsp3) is 0.615. The summed E-state index contributed by atoms with van der Waals surface area (Å²) in [6.07, 6.45) is 6.05. The van der Waals surface area contributed by atoms with Crippen molar-refractivity contribution in [2.45, 2.75) is 43.7 Å². The van der Waals surface area contributed by atoms with Crippen molar-refractivity contribution in [3.05, 3.63) is 18.6 Å². The zero-order chi connectivity index (χ0) is 14.1. The number of likely N-dealkylation sites (N-methyl/N-ethyl adjacent to an activating group) is 1. The first-order chi connectivity index (χ1) is 9.08. The molecule has 0 bridgehead atoms. The Balaban J connectivity index is 2.24. The third-order valence-electron chi connectivity index (χ3n) is 2.99. The van der Waals surface area contributed by atoms with E-state index in [0.29, 0.717) is 0 Å². The minimum atomic E-state index is -0.589. The number of nitrogens with two attached hydrogens (primary N) is 1. The Bertz CT molecular complexity index is 387. The molecule has 1 amide bonds. The van der Waals surface area contributed by atoms with Crippen LogP contribution in [0.3, 0.4) is 0 Å². The molecular formula is C13H22N4OS. The molecule has 19 heavy (non-hydrogen) atoms. The second-order valence-electron chi connectivity index (χ2n) is 4.58. The van der Waals surface area contributed by atoms with Crippen molar-refractivity contribution >= 4 is 17.7 Å². The fourth-order valence-electron chi connectivity index (χ4n) is 1.81. The second-order valence-corrected chi connectivity index (χ2v) is 5.70. The predicted molar refractivity (Wildman–Crippen MR) is 77.9 cm³/mol. The van der Waals surface area contributed by atoms with Crippen LogP contribution in [-0.4, -0.2) is 33.7 Å². The van der Waals surface area contributed by atoms with Crippen LogP contribution in [0.2, 0.25) is 0 Å². The normalized spacial score (nSPS) is 14.0. The van der Waals surface area contributed by atoms with Crippen molar-refractivity contribution in [3.63, 3.8) is 0 Å². The Kier molecular flexibility index (Phi) is 6.80. The molecule has 0 aromatic carbocycles. The summed E-state index contributed by atoms with van der Waals surface area (Å²) in [7, 11) is 0. The van der Waals surface area contributed by atoms with Crippen LogP contribution in [0.5, 0.6) is 0 Å². The van der Waals surface area contributed by atoms with Crippen molar-refractivity contribution in [1.29, 1.82) is 0 Å². The zero-order valence-corrected chi connectivity index (χ0v) is 12.4. The lowest BCUT2D eigenvalue weighted by atomic mass is 9.94. The third-order valence-corrected chi connectivity index (χ3v) is 4.02. The highest BCUT2D eigenvalue weighted by molar-refractivity contribution is 7.99. The number of nitrogens with zero attached hydrogens (tertiary/aromatic N) is 2. The van der Waals surface area contributed by atoms with Gasteiger partial charge >= 0.3 is 0 Å². The number of aromatic nitrogens is 2. The molecule has 1 aromatic heterocycles. The molecule has 1 rings (SSSR count). The number of hydrogen-bond donors (Lipinski definition) is 2. The maximum absolute atomic E-state index is 11.4. The maximum Gasteiger partial charge on any atom is 0.237 e. The summed E-state index contributed by atoms with van der Waals surface area (Å²) in [6.45, 7) is 4.59. The summed E-state index contributed by atoms with van der Waals surface area (Å²) in [5.41, 5.74) is 4.85. The van der Waals surface area contributed by atoms with Gasteiger partial charge in [0.15, 0.2) is 0 Å². The van der Waals surface area contributed by atoms with E-state index in [4.69, 9.17) is 5.73 Å². The highest BCUT2D eigenvalue weighted by atomic mass is 32.2. The first-order valence-electron chi connectivity index (χ1n) is 6.52. The smallest absolute Gasteiger partial charge is 0.237 e. The van der Waals surface area contributed by atoms with Gasteiger partial charge in [-0.15, -0.1) is 11.8 Å². The monoisotopic (exact) mass is 282 g/mol. The van der Waals surface area contributed by atoms with Crippen molar-refractivity contribution in [2.75, 3.05) is 12.3 Å². The minimum Gasteiger partial charge on any atom is -0.368 e. The Morgan fingerprint density at radius 3 is 2.89 bits per heavy atom. The van der Waals surface area contributed by atoms with Crippen LogP contribution in [0.4, 0.5) is 0 Å². The summed E-state index contributed by atoms with van der Waals surface area (Å²) in [4.78, 5) is 19.5. The van der Waals surface area contributed by atoms with Crippen molar-refractivity contribution in [3.8, 4) is 0 Å². The van der Waals surface area contributed by atoms with Crippen molar-refractivity contribution in [1.82, 2.24) is 15.3 Å². The van der Waals surface area contributed by atoms with Gasteiger partial charge in [-0.05, 0) is 38.1 Å². The molecule has 1 heterocycles. The molecule has 1 aromatic rings. The number of nitrogens with one attached hydrogen (secondary N) is 1. The standard InChI is InChI=1S/C13H22N4OS/c1-3-17-13(2,12(14)18)7-4-5-9-19-11-6-8-15-10-16-11/h6,8,10,17H,3-5,7,9H2,1-2H3,(H2,14,18). The van der Waals surface area contributed by atoms with Gasteiger partial charge in [0.2, 0.25) is 5.91 Å². The highest BCUT2D eigenvalue weighted by Crippen LogP contribution is 2.18. The maximum atomic E-state index is 11.4. The molecule has 0 saturated heterocycles. The average molecular weight is 282 g/mol. The topological polar surface area (TPSA) is 80.9 Å². The molecule has 0 spiro atoms. The van der Waals surface area contributed by atoms with E-state index < -0.39 is 5.54 Å². The number of thioether (sulfide) groups is 1. The summed E-state index contributed by atoms with van der Waals surface area (Å²) in [5, 5.41) is 4.15. The van der Waals surface area contributed by atoms with Gasteiger partial charge in [-0.25, -0.2) is 9.97 Å². The van der Waals surface area contributed by atoms with Gasteiger partial charge in [0, 0.05) is 6.20 Å². The van der Waals surface area contributed by atoms with Crippen LogP contribution in [0.25, 0.3) is 0 Å². The Labute approximate surface area is 118 Å². The van der Waals surface area contributed by atoms with Gasteiger partial charge in [0.25, 0.3) is 0 Å². The van der Waals surface area contributed by atoms with Gasteiger partial charge in [-0.1, -0.05) is 13.3 Å². The minimum absolute atomic E-state index is 0.280. The van der Waals surface area contributed by atoms with Crippen LogP contribution in [0, 0.1) is 0 Å². The molecule has 3 N–H and O–H groups in total. The lowest BCUT2D eigenvalue weighted by molar-refractivity contribution is -0.124. The number of rotatable bonds is 9. The summed E-state index contributed by atoms with van der Waals surface area (Å²) >= 11 is 1.71. The molecule has 1 unspecified atom stereocenters. The molecule has 0 saturated carbocycles. The van der Waals surface area contributed by atoms with E-state index in [2.05, 4.69) is 15.3 Å². The SMILES string of the molecule is CCNC(C)(CCCCSc1ccncn1)C(N)=O. The quantitative estimate of drug-likeness (QED) is 0.408. The molecule has 0 aliphatic rings. The van der Waals surface area contributed by atoms with Crippen LogP contribution in [0.15, 0.2) is 23.6 Å². The molecule has 0 aliphatic heterocycles. The molecule has 6 heteroatoms. The van der Waals surface area contributed by atoms with E-state index in [1.807, 2.05) is 19.9 Å². The number of unbranched alkanes of at least 4 members (excludes halogenated alkanes) is 1. The molecule has 106 valence electrons. The van der Waals surface area contributed by atoms with Crippen LogP contribution in [0.1, 0.15) is 33.1 Å². The molecular weight excluding hydrogens is 260 g/mol. The molecule has 1 atom stereocenters. The predicted octanol–water partition coefficient (Wildman–Crippen LogP) is 1.59. The van der Waals surface area contributed by atoms with Crippen LogP contribution in [-0.2, 0) is 4.79 Å². The fourth-order valence-corrected chi connectivity index (χ4v) is 2.65. The van der Waals surface area contributed by atoms with Gasteiger partial charge in [0.1, 0.15) is 6.33 Å². The van der Waals surface area contributed by atoms with E-state index in [9.17, 15) is 4.79 Å². The van der Waals surface area contributed by atoms with E-state index >= 15 is 0 Å². The van der Waals surface area contributed by atoms with Gasteiger partial charge in [-0.2, -0.15) is 0 Å². The van der Waals surface area contributed by atoms with E-state index in [0.717, 1.165) is 36.6 Å². The zero-order valence-electron chi connectivity index (χ0n) is 11.6. The van der Waals surface area contributed by atoms with Gasteiger partial charge in [-0.3, -0.25) is 4.79 Å². The number of carbonyl (C=O) groups is 1. The number of amides is 1. The number of hydrogen-bond acceptors (Lipinski definition) is 5. The Morgan fingerprint density at radius 1 is 1.53 bits per heavy atom. The summed E-state index contributed by atoms with van der Waals surface area (Å²) in [6, 6.07) is 1.90.